The van der Waals surface area contributed by atoms with Crippen molar-refractivity contribution in [2.45, 2.75) is 61.4 Å². The van der Waals surface area contributed by atoms with Crippen molar-refractivity contribution in [3.63, 3.8) is 0 Å². The van der Waals surface area contributed by atoms with Crippen LogP contribution in [0.5, 0.6) is 0 Å². The molecule has 29 heavy (non-hydrogen) atoms. The maximum atomic E-state index is 12.9. The summed E-state index contributed by atoms with van der Waals surface area (Å²) in [6, 6.07) is 4.86. The number of oxazole rings is 1. The van der Waals surface area contributed by atoms with Crippen molar-refractivity contribution in [3.8, 4) is 0 Å². The zero-order chi connectivity index (χ0) is 20.3. The molecule has 4 rings (SSSR count). The lowest BCUT2D eigenvalue weighted by molar-refractivity contribution is 0.346. The lowest BCUT2D eigenvalue weighted by Crippen LogP contribution is -2.35. The van der Waals surface area contributed by atoms with Gasteiger partial charge in [0.15, 0.2) is 11.4 Å². The number of nitrogens with zero attached hydrogens (tertiary/aromatic N) is 6. The molecule has 2 aromatic heterocycles. The summed E-state index contributed by atoms with van der Waals surface area (Å²) in [6.07, 6.45) is 4.98. The molecule has 0 amide bonds. The number of fused-ring (bicyclic) bond motifs is 1. The Labute approximate surface area is 173 Å². The van der Waals surface area contributed by atoms with Gasteiger partial charge in [-0.25, -0.2) is 18.1 Å². The molecule has 0 atom stereocenters. The summed E-state index contributed by atoms with van der Waals surface area (Å²) in [6.45, 7) is 4.06. The predicted octanol–water partition coefficient (Wildman–Crippen LogP) is 3.08. The lowest BCUT2D eigenvalue weighted by Gasteiger charge is -2.25. The SMILES string of the molecule is CCCCn1nnnc1CSc1nc2cc(S(=O)(=O)N3CCCCC3)ccc2o1. The molecule has 0 unspecified atom stereocenters. The maximum absolute atomic E-state index is 12.9. The van der Waals surface area contributed by atoms with E-state index in [9.17, 15) is 8.42 Å². The second-order valence-electron chi connectivity index (χ2n) is 7.03. The molecule has 1 fully saturated rings. The topological polar surface area (TPSA) is 107 Å². The quantitative estimate of drug-likeness (QED) is 0.496. The first kappa shape index (κ1) is 20.3. The van der Waals surface area contributed by atoms with Crippen LogP contribution in [-0.2, 0) is 22.3 Å². The van der Waals surface area contributed by atoms with Gasteiger partial charge in [-0.2, -0.15) is 4.31 Å². The monoisotopic (exact) mass is 436 g/mol. The third-order valence-corrected chi connectivity index (χ3v) is 7.67. The first-order chi connectivity index (χ1) is 14.1. The molecule has 3 aromatic rings. The smallest absolute Gasteiger partial charge is 0.257 e. The minimum Gasteiger partial charge on any atom is -0.431 e. The van der Waals surface area contributed by atoms with E-state index in [1.54, 1.807) is 27.2 Å². The van der Waals surface area contributed by atoms with Gasteiger partial charge in [0, 0.05) is 19.6 Å². The third kappa shape index (κ3) is 4.46. The third-order valence-electron chi connectivity index (χ3n) is 4.95. The van der Waals surface area contributed by atoms with Crippen LogP contribution < -0.4 is 0 Å². The first-order valence-electron chi connectivity index (χ1n) is 9.86. The Hall–Kier alpha value is -1.98. The molecule has 1 aliphatic heterocycles. The predicted molar refractivity (Wildman–Crippen MR) is 109 cm³/mol. The number of unbranched alkanes of at least 4 members (excludes halogenated alkanes) is 1. The Morgan fingerprint density at radius 1 is 1.21 bits per heavy atom. The molecule has 1 saturated heterocycles. The molecular formula is C18H24N6O3S2. The molecule has 0 aliphatic carbocycles. The van der Waals surface area contributed by atoms with Crippen LogP contribution in [0, 0.1) is 0 Å². The van der Waals surface area contributed by atoms with Gasteiger partial charge in [-0.05, 0) is 47.9 Å². The highest BCUT2D eigenvalue weighted by Crippen LogP contribution is 2.28. The summed E-state index contributed by atoms with van der Waals surface area (Å²) in [5.41, 5.74) is 1.10. The summed E-state index contributed by atoms with van der Waals surface area (Å²) in [5, 5.41) is 12.3. The highest BCUT2D eigenvalue weighted by atomic mass is 32.2. The van der Waals surface area contributed by atoms with Crippen LogP contribution in [0.15, 0.2) is 32.7 Å². The number of sulfonamides is 1. The van der Waals surface area contributed by atoms with E-state index in [1.165, 1.54) is 11.8 Å². The molecule has 9 nitrogen and oxygen atoms in total. The average Bonchev–Trinajstić information content (AvgIpc) is 3.36. The summed E-state index contributed by atoms with van der Waals surface area (Å²) in [5.74, 6) is 1.29. The van der Waals surface area contributed by atoms with Crippen molar-refractivity contribution in [1.82, 2.24) is 29.5 Å². The van der Waals surface area contributed by atoms with Crippen LogP contribution in [0.2, 0.25) is 0 Å². The van der Waals surface area contributed by atoms with Crippen molar-refractivity contribution >= 4 is 32.9 Å². The van der Waals surface area contributed by atoms with Gasteiger partial charge in [0.25, 0.3) is 5.22 Å². The molecule has 1 aliphatic rings. The largest absolute Gasteiger partial charge is 0.431 e. The highest BCUT2D eigenvalue weighted by molar-refractivity contribution is 7.98. The standard InChI is InChI=1S/C18H24N6O3S2/c1-2-3-11-24-17(20-21-22-24)13-28-18-19-15-12-14(7-8-16(15)27-18)29(25,26)23-9-5-4-6-10-23/h7-8,12H,2-6,9-11,13H2,1H3. The number of aryl methyl sites for hydroxylation is 1. The number of rotatable bonds is 8. The van der Waals surface area contributed by atoms with Crippen LogP contribution in [0.3, 0.4) is 0 Å². The van der Waals surface area contributed by atoms with E-state index < -0.39 is 10.0 Å². The van der Waals surface area contributed by atoms with Crippen LogP contribution in [0.4, 0.5) is 0 Å². The van der Waals surface area contributed by atoms with Crippen molar-refractivity contribution in [3.05, 3.63) is 24.0 Å². The van der Waals surface area contributed by atoms with E-state index >= 15 is 0 Å². The summed E-state index contributed by atoms with van der Waals surface area (Å²) >= 11 is 1.39. The van der Waals surface area contributed by atoms with E-state index in [-0.39, 0.29) is 4.90 Å². The first-order valence-corrected chi connectivity index (χ1v) is 12.3. The Kier molecular flexibility index (Phi) is 6.16. The Morgan fingerprint density at radius 2 is 2.03 bits per heavy atom. The van der Waals surface area contributed by atoms with Gasteiger partial charge in [0.2, 0.25) is 10.0 Å². The minimum atomic E-state index is -3.49. The van der Waals surface area contributed by atoms with E-state index in [2.05, 4.69) is 27.4 Å². The van der Waals surface area contributed by atoms with Crippen LogP contribution in [0.25, 0.3) is 11.1 Å². The molecule has 0 saturated carbocycles. The Bertz CT molecular complexity index is 1070. The lowest BCUT2D eigenvalue weighted by atomic mass is 10.2. The van der Waals surface area contributed by atoms with Crippen LogP contribution in [-0.4, -0.2) is 51.0 Å². The number of hydrogen-bond acceptors (Lipinski definition) is 8. The normalized spacial score (nSPS) is 15.9. The Balaban J connectivity index is 1.49. The molecule has 1 aromatic carbocycles. The number of tetrazole rings is 1. The van der Waals surface area contributed by atoms with Crippen molar-refractivity contribution in [2.24, 2.45) is 0 Å². The van der Waals surface area contributed by atoms with Crippen molar-refractivity contribution in [2.75, 3.05) is 13.1 Å². The van der Waals surface area contributed by atoms with Crippen molar-refractivity contribution in [1.29, 1.82) is 0 Å². The maximum Gasteiger partial charge on any atom is 0.257 e. The van der Waals surface area contributed by atoms with Gasteiger partial charge < -0.3 is 4.42 Å². The Morgan fingerprint density at radius 3 is 2.83 bits per heavy atom. The molecule has 0 N–H and O–H groups in total. The number of thioether (sulfide) groups is 1. The van der Waals surface area contributed by atoms with Gasteiger partial charge in [-0.15, -0.1) is 5.10 Å². The van der Waals surface area contributed by atoms with E-state index in [0.717, 1.165) is 44.5 Å². The van der Waals surface area contributed by atoms with E-state index in [4.69, 9.17) is 4.42 Å². The summed E-state index contributed by atoms with van der Waals surface area (Å²) in [4.78, 5) is 4.72. The van der Waals surface area contributed by atoms with Gasteiger partial charge in [-0.3, -0.25) is 0 Å². The van der Waals surface area contributed by atoms with Crippen molar-refractivity contribution < 1.29 is 12.8 Å². The fraction of sp³-hybridized carbons (Fsp3) is 0.556. The van der Waals surface area contributed by atoms with Gasteiger partial charge in [0.05, 0.1) is 10.6 Å². The minimum absolute atomic E-state index is 0.264. The molecule has 3 heterocycles. The molecule has 11 heteroatoms. The number of piperidine rings is 1. The summed E-state index contributed by atoms with van der Waals surface area (Å²) < 4.78 is 34.9. The van der Waals surface area contributed by atoms with Gasteiger partial charge in [0.1, 0.15) is 5.52 Å². The number of benzene rings is 1. The van der Waals surface area contributed by atoms with Crippen LogP contribution >= 0.6 is 11.8 Å². The molecule has 0 bridgehead atoms. The fourth-order valence-electron chi connectivity index (χ4n) is 3.30. The number of aromatic nitrogens is 5. The van der Waals surface area contributed by atoms with E-state index in [1.807, 2.05) is 0 Å². The molecule has 0 spiro atoms. The highest BCUT2D eigenvalue weighted by Gasteiger charge is 2.26. The fourth-order valence-corrected chi connectivity index (χ4v) is 5.61. The second kappa shape index (κ2) is 8.80. The zero-order valence-electron chi connectivity index (χ0n) is 16.3. The van der Waals surface area contributed by atoms with Gasteiger partial charge in [-0.1, -0.05) is 31.5 Å². The van der Waals surface area contributed by atoms with Gasteiger partial charge >= 0.3 is 0 Å². The molecular weight excluding hydrogens is 412 g/mol. The average molecular weight is 437 g/mol. The summed E-state index contributed by atoms with van der Waals surface area (Å²) in [7, 11) is -3.49. The number of hydrogen-bond donors (Lipinski definition) is 0. The van der Waals surface area contributed by atoms with Crippen LogP contribution in [0.1, 0.15) is 44.9 Å². The molecule has 0 radical (unpaired) electrons. The molecule has 156 valence electrons. The zero-order valence-corrected chi connectivity index (χ0v) is 18.0. The van der Waals surface area contributed by atoms with E-state index in [0.29, 0.717) is 35.2 Å². The second-order valence-corrected chi connectivity index (χ2v) is 9.90.